The summed E-state index contributed by atoms with van der Waals surface area (Å²) in [6.07, 6.45) is 1.34. The van der Waals surface area contributed by atoms with E-state index in [0.717, 1.165) is 0 Å². The first-order chi connectivity index (χ1) is 13.8. The average molecular weight is 412 g/mol. The van der Waals surface area contributed by atoms with E-state index in [9.17, 15) is 14.4 Å². The third-order valence-corrected chi connectivity index (χ3v) is 4.77. The number of benzene rings is 2. The molecule has 29 heavy (non-hydrogen) atoms. The fourth-order valence-electron chi connectivity index (χ4n) is 2.82. The number of rotatable bonds is 5. The van der Waals surface area contributed by atoms with E-state index in [0.29, 0.717) is 27.5 Å². The normalized spacial score (nSPS) is 10.4. The first kappa shape index (κ1) is 20.1. The molecule has 2 aromatic carbocycles. The quantitative estimate of drug-likeness (QED) is 0.597. The fourth-order valence-corrected chi connectivity index (χ4v) is 3.00. The van der Waals surface area contributed by atoms with Gasteiger partial charge in [-0.15, -0.1) is 0 Å². The number of hydrogen-bond donors (Lipinski definition) is 3. The number of anilines is 1. The zero-order valence-corrected chi connectivity index (χ0v) is 16.4. The Morgan fingerprint density at radius 1 is 1.07 bits per heavy atom. The van der Waals surface area contributed by atoms with Crippen molar-refractivity contribution in [2.75, 3.05) is 12.4 Å². The molecule has 0 fully saturated rings. The number of nitrogens with two attached hydrogens (primary N) is 1. The Balaban J connectivity index is 1.87. The standard InChI is InChI=1S/C20H18ClN5O3/c1-11-14(4-3-5-15(11)21)19(28)25-12-6-8-13(9-7-12)26-10-24-16(20(29)23-2)17(26)18(22)27/h3-10H,1-2H3,(H2,22,27)(H,23,29)(H,25,28). The monoisotopic (exact) mass is 411 g/mol. The third kappa shape index (κ3) is 3.97. The van der Waals surface area contributed by atoms with Crippen LogP contribution in [0.3, 0.4) is 0 Å². The minimum absolute atomic E-state index is 0.0318. The van der Waals surface area contributed by atoms with Crippen molar-refractivity contribution in [3.8, 4) is 5.69 Å². The van der Waals surface area contributed by atoms with Crippen molar-refractivity contribution in [2.24, 2.45) is 5.73 Å². The van der Waals surface area contributed by atoms with Crippen LogP contribution in [0.4, 0.5) is 5.69 Å². The highest BCUT2D eigenvalue weighted by Crippen LogP contribution is 2.21. The van der Waals surface area contributed by atoms with Crippen molar-refractivity contribution in [3.05, 3.63) is 76.3 Å². The van der Waals surface area contributed by atoms with E-state index in [2.05, 4.69) is 15.6 Å². The van der Waals surface area contributed by atoms with Gasteiger partial charge in [0.2, 0.25) is 0 Å². The number of nitrogens with zero attached hydrogens (tertiary/aromatic N) is 2. The van der Waals surface area contributed by atoms with E-state index in [4.69, 9.17) is 17.3 Å². The smallest absolute Gasteiger partial charge is 0.272 e. The molecule has 0 bridgehead atoms. The maximum absolute atomic E-state index is 12.5. The molecule has 0 aliphatic carbocycles. The van der Waals surface area contributed by atoms with Crippen LogP contribution in [0.1, 0.15) is 36.9 Å². The molecule has 3 aromatic rings. The largest absolute Gasteiger partial charge is 0.364 e. The number of hydrogen-bond acceptors (Lipinski definition) is 4. The van der Waals surface area contributed by atoms with Crippen LogP contribution in [-0.4, -0.2) is 34.3 Å². The second kappa shape index (κ2) is 8.15. The second-order valence-corrected chi connectivity index (χ2v) is 6.58. The summed E-state index contributed by atoms with van der Waals surface area (Å²) < 4.78 is 1.42. The highest BCUT2D eigenvalue weighted by molar-refractivity contribution is 6.32. The van der Waals surface area contributed by atoms with Gasteiger partial charge in [-0.05, 0) is 48.9 Å². The summed E-state index contributed by atoms with van der Waals surface area (Å²) >= 11 is 6.07. The van der Waals surface area contributed by atoms with Gasteiger partial charge < -0.3 is 16.4 Å². The molecular formula is C20H18ClN5O3. The van der Waals surface area contributed by atoms with E-state index in [1.54, 1.807) is 49.4 Å². The maximum atomic E-state index is 12.5. The number of halogens is 1. The summed E-state index contributed by atoms with van der Waals surface area (Å²) in [5, 5.41) is 5.73. The van der Waals surface area contributed by atoms with E-state index in [-0.39, 0.29) is 17.3 Å². The lowest BCUT2D eigenvalue weighted by molar-refractivity contribution is 0.0937. The summed E-state index contributed by atoms with van der Waals surface area (Å²) in [7, 11) is 1.44. The van der Waals surface area contributed by atoms with Crippen LogP contribution in [-0.2, 0) is 0 Å². The molecule has 8 nitrogen and oxygen atoms in total. The summed E-state index contributed by atoms with van der Waals surface area (Å²) in [4.78, 5) is 40.2. The Morgan fingerprint density at radius 3 is 2.38 bits per heavy atom. The second-order valence-electron chi connectivity index (χ2n) is 6.17. The lowest BCUT2D eigenvalue weighted by Crippen LogP contribution is -2.25. The van der Waals surface area contributed by atoms with Crippen molar-refractivity contribution in [1.29, 1.82) is 0 Å². The Bertz CT molecular complexity index is 1110. The highest BCUT2D eigenvalue weighted by atomic mass is 35.5. The van der Waals surface area contributed by atoms with Crippen molar-refractivity contribution in [3.63, 3.8) is 0 Å². The predicted octanol–water partition coefficient (Wildman–Crippen LogP) is 2.54. The van der Waals surface area contributed by atoms with Crippen LogP contribution in [0.25, 0.3) is 5.69 Å². The number of carbonyl (C=O) groups is 3. The molecule has 4 N–H and O–H groups in total. The lowest BCUT2D eigenvalue weighted by Gasteiger charge is -2.11. The predicted molar refractivity (Wildman–Crippen MR) is 110 cm³/mol. The van der Waals surface area contributed by atoms with Gasteiger partial charge in [0.05, 0.1) is 0 Å². The number of imidazole rings is 1. The van der Waals surface area contributed by atoms with Gasteiger partial charge in [-0.25, -0.2) is 4.98 Å². The average Bonchev–Trinajstić information content (AvgIpc) is 3.15. The maximum Gasteiger partial charge on any atom is 0.272 e. The van der Waals surface area contributed by atoms with Crippen molar-refractivity contribution < 1.29 is 14.4 Å². The van der Waals surface area contributed by atoms with Crippen LogP contribution >= 0.6 is 11.6 Å². The van der Waals surface area contributed by atoms with Gasteiger partial charge in [0.1, 0.15) is 12.0 Å². The molecule has 0 saturated carbocycles. The summed E-state index contributed by atoms with van der Waals surface area (Å²) in [6, 6.07) is 11.8. The number of carbonyl (C=O) groups excluding carboxylic acids is 3. The van der Waals surface area contributed by atoms with Crippen LogP contribution in [0.15, 0.2) is 48.8 Å². The molecule has 1 aromatic heterocycles. The molecule has 3 amide bonds. The number of nitrogens with one attached hydrogen (secondary N) is 2. The van der Waals surface area contributed by atoms with Gasteiger partial charge >= 0.3 is 0 Å². The van der Waals surface area contributed by atoms with Crippen molar-refractivity contribution in [1.82, 2.24) is 14.9 Å². The van der Waals surface area contributed by atoms with Crippen LogP contribution in [0.2, 0.25) is 5.02 Å². The molecule has 0 spiro atoms. The van der Waals surface area contributed by atoms with Gasteiger partial charge in [-0.2, -0.15) is 0 Å². The van der Waals surface area contributed by atoms with Crippen LogP contribution in [0.5, 0.6) is 0 Å². The van der Waals surface area contributed by atoms with E-state index in [1.807, 2.05) is 0 Å². The number of aromatic nitrogens is 2. The lowest BCUT2D eigenvalue weighted by atomic mass is 10.1. The molecule has 9 heteroatoms. The molecule has 0 aliphatic heterocycles. The Hall–Kier alpha value is -3.65. The Labute approximate surface area is 171 Å². The van der Waals surface area contributed by atoms with Gasteiger partial charge in [0.15, 0.2) is 5.69 Å². The van der Waals surface area contributed by atoms with Crippen molar-refractivity contribution in [2.45, 2.75) is 6.92 Å². The zero-order valence-electron chi connectivity index (χ0n) is 15.7. The summed E-state index contributed by atoms with van der Waals surface area (Å²) in [5.41, 5.74) is 7.60. The molecule has 148 valence electrons. The first-order valence-electron chi connectivity index (χ1n) is 8.59. The summed E-state index contributed by atoms with van der Waals surface area (Å²) in [5.74, 6) is -1.59. The Kier molecular flexibility index (Phi) is 5.65. The Morgan fingerprint density at radius 2 is 1.76 bits per heavy atom. The van der Waals surface area contributed by atoms with E-state index in [1.165, 1.54) is 17.9 Å². The van der Waals surface area contributed by atoms with Gasteiger partial charge in [-0.3, -0.25) is 19.0 Å². The van der Waals surface area contributed by atoms with E-state index >= 15 is 0 Å². The minimum Gasteiger partial charge on any atom is -0.364 e. The van der Waals surface area contributed by atoms with Crippen LogP contribution < -0.4 is 16.4 Å². The highest BCUT2D eigenvalue weighted by Gasteiger charge is 2.22. The minimum atomic E-state index is -0.782. The van der Waals surface area contributed by atoms with E-state index < -0.39 is 11.8 Å². The molecule has 3 rings (SSSR count). The topological polar surface area (TPSA) is 119 Å². The first-order valence-corrected chi connectivity index (χ1v) is 8.97. The molecule has 1 heterocycles. The van der Waals surface area contributed by atoms with Gasteiger partial charge in [0.25, 0.3) is 17.7 Å². The molecule has 0 aliphatic rings. The third-order valence-electron chi connectivity index (χ3n) is 4.36. The number of amides is 3. The molecule has 0 atom stereocenters. The van der Waals surface area contributed by atoms with Crippen molar-refractivity contribution >= 4 is 35.0 Å². The zero-order chi connectivity index (χ0) is 21.1. The molecule has 0 radical (unpaired) electrons. The van der Waals surface area contributed by atoms with Gasteiger partial charge in [-0.1, -0.05) is 17.7 Å². The van der Waals surface area contributed by atoms with Gasteiger partial charge in [0, 0.05) is 29.0 Å². The summed E-state index contributed by atoms with van der Waals surface area (Å²) in [6.45, 7) is 1.77. The molecule has 0 unspecified atom stereocenters. The molecular weight excluding hydrogens is 394 g/mol. The molecule has 0 saturated heterocycles. The number of primary amides is 1. The van der Waals surface area contributed by atoms with Crippen LogP contribution in [0, 0.1) is 6.92 Å². The SMILES string of the molecule is CNC(=O)c1ncn(-c2ccc(NC(=O)c3cccc(Cl)c3C)cc2)c1C(N)=O. The fraction of sp³-hybridized carbons (Fsp3) is 0.100.